The van der Waals surface area contributed by atoms with Gasteiger partial charge in [0.05, 0.1) is 5.56 Å². The van der Waals surface area contributed by atoms with E-state index in [2.05, 4.69) is 0 Å². The molecule has 3 nitrogen and oxygen atoms in total. The van der Waals surface area contributed by atoms with Crippen LogP contribution < -0.4 is 0 Å². The molecule has 0 saturated carbocycles. The Morgan fingerprint density at radius 1 is 1.16 bits per heavy atom. The average molecular weight is 257 g/mol. The minimum atomic E-state index is -0.104. The van der Waals surface area contributed by atoms with Crippen LogP contribution in [0.3, 0.4) is 0 Å². The smallest absolute Gasteiger partial charge is 0.257 e. The first-order valence-electron chi connectivity index (χ1n) is 6.69. The summed E-state index contributed by atoms with van der Waals surface area (Å²) in [5.41, 5.74) is 0.383. The van der Waals surface area contributed by atoms with Crippen LogP contribution in [0.4, 0.5) is 0 Å². The predicted octanol–water partition coefficient (Wildman–Crippen LogP) is 3.42. The normalized spacial score (nSPS) is 10.6. The third-order valence-electron chi connectivity index (χ3n) is 3.29. The van der Waals surface area contributed by atoms with E-state index in [0.717, 1.165) is 17.2 Å². The number of carbonyl (C=O) groups excluding carboxylic acids is 1. The quantitative estimate of drug-likeness (QED) is 0.911. The minimum Gasteiger partial charge on any atom is -0.506 e. The van der Waals surface area contributed by atoms with Gasteiger partial charge in [0.1, 0.15) is 5.75 Å². The van der Waals surface area contributed by atoms with E-state index in [9.17, 15) is 9.90 Å². The fourth-order valence-corrected chi connectivity index (χ4v) is 2.27. The predicted molar refractivity (Wildman–Crippen MR) is 77.5 cm³/mol. The van der Waals surface area contributed by atoms with E-state index in [0.29, 0.717) is 18.7 Å². The van der Waals surface area contributed by atoms with E-state index in [1.165, 1.54) is 0 Å². The number of rotatable bonds is 4. The topological polar surface area (TPSA) is 40.5 Å². The molecule has 2 rings (SSSR count). The van der Waals surface area contributed by atoms with Crippen molar-refractivity contribution in [1.29, 1.82) is 0 Å². The van der Waals surface area contributed by atoms with Gasteiger partial charge in [-0.15, -0.1) is 0 Å². The molecule has 0 unspecified atom stereocenters. The first kappa shape index (κ1) is 13.4. The van der Waals surface area contributed by atoms with Crippen molar-refractivity contribution in [1.82, 2.24) is 4.90 Å². The summed E-state index contributed by atoms with van der Waals surface area (Å²) in [5, 5.41) is 11.9. The maximum Gasteiger partial charge on any atom is 0.257 e. The molecule has 19 heavy (non-hydrogen) atoms. The van der Waals surface area contributed by atoms with Gasteiger partial charge in [0.2, 0.25) is 0 Å². The fraction of sp³-hybridized carbons (Fsp3) is 0.312. The second-order valence-corrected chi connectivity index (χ2v) is 4.57. The van der Waals surface area contributed by atoms with Crippen LogP contribution in [0.15, 0.2) is 36.4 Å². The van der Waals surface area contributed by atoms with E-state index in [1.807, 2.05) is 44.2 Å². The standard InChI is InChI=1S/C16H19NO2/c1-3-11-17(4-2)16(19)14-10-9-12-7-5-6-8-13(12)15(14)18/h5-10,18H,3-4,11H2,1-2H3. The van der Waals surface area contributed by atoms with E-state index in [1.54, 1.807) is 11.0 Å². The molecule has 0 atom stereocenters. The highest BCUT2D eigenvalue weighted by atomic mass is 16.3. The third-order valence-corrected chi connectivity index (χ3v) is 3.29. The zero-order chi connectivity index (χ0) is 13.8. The van der Waals surface area contributed by atoms with Crippen LogP contribution in [0.5, 0.6) is 5.75 Å². The van der Waals surface area contributed by atoms with Crippen molar-refractivity contribution in [3.8, 4) is 5.75 Å². The number of phenols is 1. The Bertz CT molecular complexity index is 592. The Morgan fingerprint density at radius 2 is 1.89 bits per heavy atom. The van der Waals surface area contributed by atoms with Gasteiger partial charge in [0.25, 0.3) is 5.91 Å². The molecule has 0 fully saturated rings. The summed E-state index contributed by atoms with van der Waals surface area (Å²) in [6.07, 6.45) is 0.911. The SMILES string of the molecule is CCCN(CC)C(=O)c1ccc2ccccc2c1O. The molecular weight excluding hydrogens is 238 g/mol. The number of nitrogens with zero attached hydrogens (tertiary/aromatic N) is 1. The van der Waals surface area contributed by atoms with Gasteiger partial charge in [-0.05, 0) is 24.8 Å². The summed E-state index contributed by atoms with van der Waals surface area (Å²) < 4.78 is 0. The fourth-order valence-electron chi connectivity index (χ4n) is 2.27. The van der Waals surface area contributed by atoms with E-state index in [4.69, 9.17) is 0 Å². The summed E-state index contributed by atoms with van der Waals surface area (Å²) in [7, 11) is 0. The monoisotopic (exact) mass is 257 g/mol. The largest absolute Gasteiger partial charge is 0.506 e. The molecule has 2 aromatic carbocycles. The summed E-state index contributed by atoms with van der Waals surface area (Å²) in [6.45, 7) is 5.35. The molecule has 0 radical (unpaired) electrons. The van der Waals surface area contributed by atoms with Gasteiger partial charge in [0, 0.05) is 18.5 Å². The van der Waals surface area contributed by atoms with Crippen molar-refractivity contribution in [2.75, 3.05) is 13.1 Å². The molecule has 3 heteroatoms. The Morgan fingerprint density at radius 3 is 2.58 bits per heavy atom. The first-order chi connectivity index (χ1) is 9.19. The maximum atomic E-state index is 12.4. The number of hydrogen-bond donors (Lipinski definition) is 1. The second kappa shape index (κ2) is 5.74. The number of benzene rings is 2. The zero-order valence-electron chi connectivity index (χ0n) is 11.4. The molecule has 1 N–H and O–H groups in total. The number of hydrogen-bond acceptors (Lipinski definition) is 2. The van der Waals surface area contributed by atoms with Gasteiger partial charge in [-0.2, -0.15) is 0 Å². The number of amides is 1. The molecule has 0 aliphatic heterocycles. The van der Waals surface area contributed by atoms with Crippen molar-refractivity contribution in [3.05, 3.63) is 42.0 Å². The van der Waals surface area contributed by atoms with Crippen molar-refractivity contribution in [3.63, 3.8) is 0 Å². The number of fused-ring (bicyclic) bond motifs is 1. The van der Waals surface area contributed by atoms with Gasteiger partial charge in [-0.3, -0.25) is 4.79 Å². The molecule has 0 aliphatic rings. The molecule has 0 saturated heterocycles. The molecule has 0 aromatic heterocycles. The number of phenolic OH excluding ortho intramolecular Hbond substituents is 1. The molecule has 0 aliphatic carbocycles. The van der Waals surface area contributed by atoms with E-state index >= 15 is 0 Å². The van der Waals surface area contributed by atoms with Crippen molar-refractivity contribution < 1.29 is 9.90 Å². The Hall–Kier alpha value is -2.03. The highest BCUT2D eigenvalue weighted by Gasteiger charge is 2.18. The lowest BCUT2D eigenvalue weighted by Gasteiger charge is -2.21. The van der Waals surface area contributed by atoms with Gasteiger partial charge >= 0.3 is 0 Å². The number of carbonyl (C=O) groups is 1. The molecule has 1 amide bonds. The minimum absolute atomic E-state index is 0.0812. The molecule has 0 bridgehead atoms. The zero-order valence-corrected chi connectivity index (χ0v) is 11.4. The van der Waals surface area contributed by atoms with Crippen LogP contribution in [-0.2, 0) is 0 Å². The highest BCUT2D eigenvalue weighted by Crippen LogP contribution is 2.29. The van der Waals surface area contributed by atoms with Crippen LogP contribution in [0.1, 0.15) is 30.6 Å². The van der Waals surface area contributed by atoms with Crippen LogP contribution >= 0.6 is 0 Å². The highest BCUT2D eigenvalue weighted by molar-refractivity contribution is 6.03. The Kier molecular flexibility index (Phi) is 4.05. The van der Waals surface area contributed by atoms with Gasteiger partial charge in [0.15, 0.2) is 0 Å². The van der Waals surface area contributed by atoms with Crippen molar-refractivity contribution in [2.45, 2.75) is 20.3 Å². The maximum absolute atomic E-state index is 12.4. The number of aromatic hydroxyl groups is 1. The second-order valence-electron chi connectivity index (χ2n) is 4.57. The van der Waals surface area contributed by atoms with Crippen LogP contribution in [0, 0.1) is 0 Å². The average Bonchev–Trinajstić information content (AvgIpc) is 2.45. The van der Waals surface area contributed by atoms with E-state index in [-0.39, 0.29) is 11.7 Å². The van der Waals surface area contributed by atoms with Crippen molar-refractivity contribution in [2.24, 2.45) is 0 Å². The summed E-state index contributed by atoms with van der Waals surface area (Å²) in [4.78, 5) is 14.2. The lowest BCUT2D eigenvalue weighted by atomic mass is 10.0. The van der Waals surface area contributed by atoms with Crippen molar-refractivity contribution >= 4 is 16.7 Å². The molecule has 0 heterocycles. The lowest BCUT2D eigenvalue weighted by Crippen LogP contribution is -2.31. The third kappa shape index (κ3) is 2.55. The van der Waals surface area contributed by atoms with Crippen LogP contribution in [0.25, 0.3) is 10.8 Å². The van der Waals surface area contributed by atoms with Gasteiger partial charge in [-0.25, -0.2) is 0 Å². The molecule has 0 spiro atoms. The molecule has 2 aromatic rings. The Balaban J connectivity index is 2.45. The summed E-state index contributed by atoms with van der Waals surface area (Å²) in [5.74, 6) is -0.0229. The van der Waals surface area contributed by atoms with Gasteiger partial charge < -0.3 is 10.0 Å². The van der Waals surface area contributed by atoms with Crippen LogP contribution in [0.2, 0.25) is 0 Å². The molecular formula is C16H19NO2. The lowest BCUT2D eigenvalue weighted by molar-refractivity contribution is 0.0761. The Labute approximate surface area is 113 Å². The molecule has 100 valence electrons. The van der Waals surface area contributed by atoms with Gasteiger partial charge in [-0.1, -0.05) is 37.3 Å². The summed E-state index contributed by atoms with van der Waals surface area (Å²) >= 11 is 0. The first-order valence-corrected chi connectivity index (χ1v) is 6.69. The summed E-state index contributed by atoms with van der Waals surface area (Å²) in [6, 6.07) is 11.1. The van der Waals surface area contributed by atoms with E-state index < -0.39 is 0 Å². The van der Waals surface area contributed by atoms with Crippen LogP contribution in [-0.4, -0.2) is 29.0 Å².